The van der Waals surface area contributed by atoms with Crippen molar-refractivity contribution in [3.05, 3.63) is 48.3 Å². The van der Waals surface area contributed by atoms with Gasteiger partial charge >= 0.3 is 6.03 Å². The van der Waals surface area contributed by atoms with Crippen LogP contribution in [-0.2, 0) is 0 Å². The standard InChI is InChI=1S/C17H22N4O/c1-13(19-17(22)20(2)14-7-5-8-14)15-9-3-4-10-16(15)21-12-6-11-18-21/h3-4,6,9-14H,5,7-8H2,1-2H3,(H,19,22). The largest absolute Gasteiger partial charge is 0.331 e. The lowest BCUT2D eigenvalue weighted by molar-refractivity contribution is 0.155. The highest BCUT2D eigenvalue weighted by atomic mass is 16.2. The van der Waals surface area contributed by atoms with E-state index in [1.165, 1.54) is 6.42 Å². The van der Waals surface area contributed by atoms with E-state index in [2.05, 4.69) is 10.4 Å². The Morgan fingerprint density at radius 1 is 1.36 bits per heavy atom. The van der Waals surface area contributed by atoms with Crippen LogP contribution in [0.2, 0.25) is 0 Å². The second kappa shape index (κ2) is 6.22. The van der Waals surface area contributed by atoms with Crippen LogP contribution in [0.15, 0.2) is 42.7 Å². The Kier molecular flexibility index (Phi) is 4.13. The quantitative estimate of drug-likeness (QED) is 0.943. The van der Waals surface area contributed by atoms with Crippen LogP contribution in [0, 0.1) is 0 Å². The number of urea groups is 1. The molecular formula is C17H22N4O. The van der Waals surface area contributed by atoms with Crippen molar-refractivity contribution in [1.29, 1.82) is 0 Å². The summed E-state index contributed by atoms with van der Waals surface area (Å²) >= 11 is 0. The molecule has 1 atom stereocenters. The Balaban J connectivity index is 1.75. The number of carbonyl (C=O) groups is 1. The first-order chi connectivity index (χ1) is 10.7. The maximum Gasteiger partial charge on any atom is 0.317 e. The van der Waals surface area contributed by atoms with E-state index in [9.17, 15) is 4.79 Å². The van der Waals surface area contributed by atoms with Gasteiger partial charge in [0.2, 0.25) is 0 Å². The molecule has 1 fully saturated rings. The van der Waals surface area contributed by atoms with E-state index in [4.69, 9.17) is 0 Å². The van der Waals surface area contributed by atoms with Gasteiger partial charge in [-0.3, -0.25) is 0 Å². The molecule has 116 valence electrons. The number of hydrogen-bond donors (Lipinski definition) is 1. The maximum absolute atomic E-state index is 12.4. The summed E-state index contributed by atoms with van der Waals surface area (Å²) in [5, 5.41) is 7.38. The molecule has 0 radical (unpaired) electrons. The van der Waals surface area contributed by atoms with Crippen LogP contribution in [-0.4, -0.2) is 33.8 Å². The number of hydrogen-bond acceptors (Lipinski definition) is 2. The summed E-state index contributed by atoms with van der Waals surface area (Å²) in [5.41, 5.74) is 2.05. The minimum absolute atomic E-state index is 0.00697. The Morgan fingerprint density at radius 2 is 2.14 bits per heavy atom. The minimum Gasteiger partial charge on any atom is -0.331 e. The molecule has 2 amide bonds. The molecule has 22 heavy (non-hydrogen) atoms. The van der Waals surface area contributed by atoms with Gasteiger partial charge in [0, 0.05) is 25.5 Å². The first-order valence-corrected chi connectivity index (χ1v) is 7.79. The number of benzene rings is 1. The summed E-state index contributed by atoms with van der Waals surface area (Å²) in [7, 11) is 1.88. The zero-order valence-electron chi connectivity index (χ0n) is 13.1. The number of carbonyl (C=O) groups excluding carboxylic acids is 1. The highest BCUT2D eigenvalue weighted by Crippen LogP contribution is 2.25. The van der Waals surface area contributed by atoms with Crippen LogP contribution >= 0.6 is 0 Å². The predicted molar refractivity (Wildman–Crippen MR) is 85.9 cm³/mol. The lowest BCUT2D eigenvalue weighted by Gasteiger charge is -2.35. The second-order valence-corrected chi connectivity index (χ2v) is 5.88. The van der Waals surface area contributed by atoms with Crippen LogP contribution in [0.4, 0.5) is 4.79 Å². The first-order valence-electron chi connectivity index (χ1n) is 7.79. The third-order valence-corrected chi connectivity index (χ3v) is 4.44. The summed E-state index contributed by atoms with van der Waals surface area (Å²) in [5.74, 6) is 0. The van der Waals surface area contributed by atoms with Gasteiger partial charge < -0.3 is 10.2 Å². The molecule has 5 heteroatoms. The lowest BCUT2D eigenvalue weighted by atomic mass is 9.92. The number of nitrogens with zero attached hydrogens (tertiary/aromatic N) is 3. The Labute approximate surface area is 130 Å². The molecule has 1 aliphatic carbocycles. The molecule has 0 saturated heterocycles. The fourth-order valence-electron chi connectivity index (χ4n) is 2.78. The van der Waals surface area contributed by atoms with Crippen molar-refractivity contribution in [2.24, 2.45) is 0 Å². The minimum atomic E-state index is -0.0737. The van der Waals surface area contributed by atoms with E-state index < -0.39 is 0 Å². The number of rotatable bonds is 4. The molecule has 2 aromatic rings. The van der Waals surface area contributed by atoms with Crippen molar-refractivity contribution in [3.63, 3.8) is 0 Å². The van der Waals surface area contributed by atoms with Gasteiger partial charge in [0.15, 0.2) is 0 Å². The van der Waals surface area contributed by atoms with Gasteiger partial charge in [-0.15, -0.1) is 0 Å². The highest BCUT2D eigenvalue weighted by Gasteiger charge is 2.26. The van der Waals surface area contributed by atoms with Crippen molar-refractivity contribution >= 4 is 6.03 Å². The second-order valence-electron chi connectivity index (χ2n) is 5.88. The number of nitrogens with one attached hydrogen (secondary N) is 1. The van der Waals surface area contributed by atoms with Gasteiger partial charge in [0.05, 0.1) is 11.7 Å². The van der Waals surface area contributed by atoms with E-state index in [-0.39, 0.29) is 12.1 Å². The van der Waals surface area contributed by atoms with Gasteiger partial charge in [-0.05, 0) is 43.9 Å². The predicted octanol–water partition coefficient (Wildman–Crippen LogP) is 3.13. The van der Waals surface area contributed by atoms with Crippen molar-refractivity contribution in [3.8, 4) is 5.69 Å². The smallest absolute Gasteiger partial charge is 0.317 e. The molecule has 0 spiro atoms. The fourth-order valence-corrected chi connectivity index (χ4v) is 2.78. The summed E-state index contributed by atoms with van der Waals surface area (Å²) in [6, 6.07) is 10.2. The van der Waals surface area contributed by atoms with Crippen LogP contribution in [0.25, 0.3) is 5.69 Å². The maximum atomic E-state index is 12.4. The van der Waals surface area contributed by atoms with E-state index in [1.54, 1.807) is 6.20 Å². The fraction of sp³-hybridized carbons (Fsp3) is 0.412. The summed E-state index contributed by atoms with van der Waals surface area (Å²) in [6.45, 7) is 2.01. The Hall–Kier alpha value is -2.30. The van der Waals surface area contributed by atoms with E-state index in [0.717, 1.165) is 24.1 Å². The molecule has 3 rings (SSSR count). The average molecular weight is 298 g/mol. The third-order valence-electron chi connectivity index (χ3n) is 4.44. The van der Waals surface area contributed by atoms with Gasteiger partial charge in [-0.2, -0.15) is 5.10 Å². The summed E-state index contributed by atoms with van der Waals surface area (Å²) < 4.78 is 1.83. The van der Waals surface area contributed by atoms with E-state index >= 15 is 0 Å². The van der Waals surface area contributed by atoms with Gasteiger partial charge in [0.1, 0.15) is 0 Å². The van der Waals surface area contributed by atoms with Crippen molar-refractivity contribution < 1.29 is 4.79 Å². The van der Waals surface area contributed by atoms with E-state index in [1.807, 2.05) is 60.1 Å². The van der Waals surface area contributed by atoms with Crippen molar-refractivity contribution in [2.45, 2.75) is 38.3 Å². The number of aromatic nitrogens is 2. The molecule has 1 aromatic carbocycles. The molecular weight excluding hydrogens is 276 g/mol. The van der Waals surface area contributed by atoms with Crippen LogP contribution in [0.5, 0.6) is 0 Å². The molecule has 0 bridgehead atoms. The van der Waals surface area contributed by atoms with Gasteiger partial charge in [-0.1, -0.05) is 18.2 Å². The summed E-state index contributed by atoms with van der Waals surface area (Å²) in [6.07, 6.45) is 7.11. The monoisotopic (exact) mass is 298 g/mol. The SMILES string of the molecule is CC(NC(=O)N(C)C1CCC1)c1ccccc1-n1cccn1. The zero-order valence-corrected chi connectivity index (χ0v) is 13.1. The molecule has 1 saturated carbocycles. The highest BCUT2D eigenvalue weighted by molar-refractivity contribution is 5.75. The third kappa shape index (κ3) is 2.84. The molecule has 1 unspecified atom stereocenters. The topological polar surface area (TPSA) is 50.2 Å². The molecule has 1 aliphatic rings. The molecule has 5 nitrogen and oxygen atoms in total. The normalized spacial score (nSPS) is 15.9. The Bertz CT molecular complexity index is 634. The molecule has 0 aliphatic heterocycles. The van der Waals surface area contributed by atoms with Crippen LogP contribution < -0.4 is 5.32 Å². The lowest BCUT2D eigenvalue weighted by Crippen LogP contribution is -2.47. The van der Waals surface area contributed by atoms with Gasteiger partial charge in [-0.25, -0.2) is 9.48 Å². The summed E-state index contributed by atoms with van der Waals surface area (Å²) in [4.78, 5) is 14.2. The van der Waals surface area contributed by atoms with Crippen molar-refractivity contribution in [1.82, 2.24) is 20.0 Å². The first kappa shape index (κ1) is 14.6. The molecule has 1 N–H and O–H groups in total. The Morgan fingerprint density at radius 3 is 2.77 bits per heavy atom. The average Bonchev–Trinajstić information content (AvgIpc) is 2.99. The molecule has 1 heterocycles. The zero-order chi connectivity index (χ0) is 15.5. The number of amides is 2. The number of para-hydroxylation sites is 1. The van der Waals surface area contributed by atoms with Gasteiger partial charge in [0.25, 0.3) is 0 Å². The van der Waals surface area contributed by atoms with Crippen LogP contribution in [0.1, 0.15) is 37.8 Å². The molecule has 1 aromatic heterocycles. The van der Waals surface area contributed by atoms with Crippen molar-refractivity contribution in [2.75, 3.05) is 7.05 Å². The van der Waals surface area contributed by atoms with Crippen LogP contribution in [0.3, 0.4) is 0 Å². The van der Waals surface area contributed by atoms with E-state index in [0.29, 0.717) is 6.04 Å².